The van der Waals surface area contributed by atoms with Gasteiger partial charge in [0.15, 0.2) is 5.82 Å². The van der Waals surface area contributed by atoms with Crippen LogP contribution in [-0.2, 0) is 6.54 Å². The number of pyridine rings is 1. The van der Waals surface area contributed by atoms with Crippen LogP contribution in [0.5, 0.6) is 0 Å². The van der Waals surface area contributed by atoms with E-state index in [0.717, 1.165) is 5.69 Å². The van der Waals surface area contributed by atoms with Gasteiger partial charge in [0.05, 0.1) is 6.54 Å². The maximum absolute atomic E-state index is 11.2. The van der Waals surface area contributed by atoms with Gasteiger partial charge in [-0.3, -0.25) is 4.57 Å². The lowest BCUT2D eigenvalue weighted by atomic mass is 10.2. The number of hydrogen-bond acceptors (Lipinski definition) is 5. The van der Waals surface area contributed by atoms with E-state index >= 15 is 0 Å². The first-order valence-electron chi connectivity index (χ1n) is 6.62. The van der Waals surface area contributed by atoms with Gasteiger partial charge in [-0.15, -0.1) is 10.2 Å². The summed E-state index contributed by atoms with van der Waals surface area (Å²) >= 11 is 0. The van der Waals surface area contributed by atoms with Gasteiger partial charge in [0.25, 0.3) is 0 Å². The number of benzene rings is 1. The van der Waals surface area contributed by atoms with Gasteiger partial charge in [-0.2, -0.15) is 0 Å². The molecule has 2 aromatic heterocycles. The molecule has 2 heterocycles. The van der Waals surface area contributed by atoms with Gasteiger partial charge >= 0.3 is 5.97 Å². The highest BCUT2D eigenvalue weighted by Crippen LogP contribution is 2.14. The van der Waals surface area contributed by atoms with Crippen molar-refractivity contribution in [2.45, 2.75) is 6.54 Å². The van der Waals surface area contributed by atoms with Crippen molar-refractivity contribution < 1.29 is 9.90 Å². The van der Waals surface area contributed by atoms with Crippen molar-refractivity contribution in [2.75, 3.05) is 5.32 Å². The van der Waals surface area contributed by atoms with Crippen molar-refractivity contribution in [3.05, 3.63) is 66.4 Å². The van der Waals surface area contributed by atoms with Crippen LogP contribution in [0.15, 0.2) is 55.0 Å². The monoisotopic (exact) mass is 295 g/mol. The molecule has 2 N–H and O–H groups in total. The molecule has 0 fully saturated rings. The third-order valence-electron chi connectivity index (χ3n) is 3.10. The fraction of sp³-hybridized carbons (Fsp3) is 0.0667. The van der Waals surface area contributed by atoms with Crippen molar-refractivity contribution in [3.8, 4) is 5.69 Å². The second kappa shape index (κ2) is 6.04. The Morgan fingerprint density at radius 3 is 2.77 bits per heavy atom. The first-order valence-corrected chi connectivity index (χ1v) is 6.62. The smallest absolute Gasteiger partial charge is 0.339 e. The van der Waals surface area contributed by atoms with Gasteiger partial charge < -0.3 is 10.4 Å². The number of nitrogens with zero attached hydrogens (tertiary/aromatic N) is 4. The molecule has 0 aliphatic rings. The SMILES string of the molecule is O=C(O)c1cccnc1NCc1nncn1-c1ccccc1. The molecule has 3 aromatic rings. The summed E-state index contributed by atoms with van der Waals surface area (Å²) in [4.78, 5) is 15.2. The minimum Gasteiger partial charge on any atom is -0.478 e. The summed E-state index contributed by atoms with van der Waals surface area (Å²) in [6.45, 7) is 0.312. The fourth-order valence-corrected chi connectivity index (χ4v) is 2.07. The molecule has 0 amide bonds. The van der Waals surface area contributed by atoms with Gasteiger partial charge in [0.1, 0.15) is 17.7 Å². The zero-order valence-corrected chi connectivity index (χ0v) is 11.5. The van der Waals surface area contributed by atoms with Gasteiger partial charge in [0, 0.05) is 11.9 Å². The van der Waals surface area contributed by atoms with Crippen LogP contribution in [0.25, 0.3) is 5.69 Å². The van der Waals surface area contributed by atoms with Gasteiger partial charge in [-0.25, -0.2) is 9.78 Å². The largest absolute Gasteiger partial charge is 0.478 e. The average Bonchev–Trinajstić information content (AvgIpc) is 3.02. The van der Waals surface area contributed by atoms with E-state index in [2.05, 4.69) is 20.5 Å². The van der Waals surface area contributed by atoms with Crippen molar-refractivity contribution >= 4 is 11.8 Å². The number of anilines is 1. The van der Waals surface area contributed by atoms with Crippen molar-refractivity contribution in [1.82, 2.24) is 19.7 Å². The number of aromatic nitrogens is 4. The van der Waals surface area contributed by atoms with Crippen molar-refractivity contribution in [1.29, 1.82) is 0 Å². The Hall–Kier alpha value is -3.22. The number of carbonyl (C=O) groups is 1. The Kier molecular flexibility index (Phi) is 3.78. The highest BCUT2D eigenvalue weighted by Gasteiger charge is 2.12. The zero-order valence-electron chi connectivity index (χ0n) is 11.5. The van der Waals surface area contributed by atoms with E-state index in [-0.39, 0.29) is 5.56 Å². The van der Waals surface area contributed by atoms with Crippen LogP contribution in [0, 0.1) is 0 Å². The maximum atomic E-state index is 11.2. The molecule has 0 aliphatic carbocycles. The van der Waals surface area contributed by atoms with E-state index in [4.69, 9.17) is 5.11 Å². The van der Waals surface area contributed by atoms with E-state index in [9.17, 15) is 4.79 Å². The summed E-state index contributed by atoms with van der Waals surface area (Å²) in [5.74, 6) is -0.0640. The normalized spacial score (nSPS) is 10.4. The molecule has 7 nitrogen and oxygen atoms in total. The molecule has 7 heteroatoms. The molecule has 110 valence electrons. The standard InChI is InChI=1S/C15H13N5O2/c21-15(22)12-7-4-8-16-14(12)17-9-13-19-18-10-20(13)11-5-2-1-3-6-11/h1-8,10H,9H2,(H,16,17)(H,21,22). The molecule has 1 aromatic carbocycles. The third kappa shape index (κ3) is 2.78. The molecular formula is C15H13N5O2. The Bertz CT molecular complexity index is 785. The topological polar surface area (TPSA) is 92.9 Å². The number of rotatable bonds is 5. The Morgan fingerprint density at radius 1 is 1.18 bits per heavy atom. The summed E-state index contributed by atoms with van der Waals surface area (Å²) in [5, 5.41) is 20.1. The van der Waals surface area contributed by atoms with Crippen LogP contribution in [0.3, 0.4) is 0 Å². The number of nitrogens with one attached hydrogen (secondary N) is 1. The third-order valence-corrected chi connectivity index (χ3v) is 3.10. The number of aromatic carboxylic acids is 1. The second-order valence-corrected chi connectivity index (χ2v) is 4.51. The summed E-state index contributed by atoms with van der Waals surface area (Å²) < 4.78 is 1.83. The zero-order chi connectivity index (χ0) is 15.4. The quantitative estimate of drug-likeness (QED) is 0.747. The molecule has 0 bridgehead atoms. The molecular weight excluding hydrogens is 282 g/mol. The molecule has 0 aliphatic heterocycles. The van der Waals surface area contributed by atoms with Crippen LogP contribution in [0.2, 0.25) is 0 Å². The maximum Gasteiger partial charge on any atom is 0.339 e. The Labute approximate surface area is 126 Å². The molecule has 22 heavy (non-hydrogen) atoms. The molecule has 0 saturated carbocycles. The first-order chi connectivity index (χ1) is 10.8. The number of carboxylic acids is 1. The molecule has 0 radical (unpaired) electrons. The minimum absolute atomic E-state index is 0.119. The van der Waals surface area contributed by atoms with E-state index < -0.39 is 5.97 Å². The lowest BCUT2D eigenvalue weighted by Gasteiger charge is -2.09. The van der Waals surface area contributed by atoms with Gasteiger partial charge in [-0.1, -0.05) is 18.2 Å². The highest BCUT2D eigenvalue weighted by atomic mass is 16.4. The second-order valence-electron chi connectivity index (χ2n) is 4.51. The van der Waals surface area contributed by atoms with Crippen LogP contribution in [0.1, 0.15) is 16.2 Å². The van der Waals surface area contributed by atoms with Crippen molar-refractivity contribution in [3.63, 3.8) is 0 Å². The molecule has 0 unspecified atom stereocenters. The van der Waals surface area contributed by atoms with E-state index in [1.165, 1.54) is 12.3 Å². The summed E-state index contributed by atoms with van der Waals surface area (Å²) in [6.07, 6.45) is 3.15. The van der Waals surface area contributed by atoms with Crippen LogP contribution in [-0.4, -0.2) is 30.8 Å². The Morgan fingerprint density at radius 2 is 2.00 bits per heavy atom. The summed E-state index contributed by atoms with van der Waals surface area (Å²) in [5.41, 5.74) is 1.05. The molecule has 0 saturated heterocycles. The summed E-state index contributed by atoms with van der Waals surface area (Å²) in [7, 11) is 0. The number of carboxylic acid groups (broad SMARTS) is 1. The average molecular weight is 295 g/mol. The summed E-state index contributed by atoms with van der Waals surface area (Å²) in [6, 6.07) is 12.7. The molecule has 0 spiro atoms. The van der Waals surface area contributed by atoms with Crippen molar-refractivity contribution in [2.24, 2.45) is 0 Å². The first kappa shape index (κ1) is 13.7. The molecule has 3 rings (SSSR count). The van der Waals surface area contributed by atoms with Gasteiger partial charge in [-0.05, 0) is 24.3 Å². The van der Waals surface area contributed by atoms with E-state index in [0.29, 0.717) is 18.2 Å². The predicted molar refractivity (Wildman–Crippen MR) is 79.9 cm³/mol. The fourth-order valence-electron chi connectivity index (χ4n) is 2.07. The molecule has 0 atom stereocenters. The van der Waals surface area contributed by atoms with Crippen LogP contribution < -0.4 is 5.32 Å². The lowest BCUT2D eigenvalue weighted by molar-refractivity contribution is 0.0697. The van der Waals surface area contributed by atoms with E-state index in [1.54, 1.807) is 12.4 Å². The van der Waals surface area contributed by atoms with Crippen LogP contribution >= 0.6 is 0 Å². The predicted octanol–water partition coefficient (Wildman–Crippen LogP) is 1.97. The van der Waals surface area contributed by atoms with E-state index in [1.807, 2.05) is 34.9 Å². The van der Waals surface area contributed by atoms with Gasteiger partial charge in [0.2, 0.25) is 0 Å². The highest BCUT2D eigenvalue weighted by molar-refractivity contribution is 5.92. The van der Waals surface area contributed by atoms with Crippen LogP contribution in [0.4, 0.5) is 5.82 Å². The lowest BCUT2D eigenvalue weighted by Crippen LogP contribution is -2.11. The Balaban J connectivity index is 1.82. The minimum atomic E-state index is -1.03. The number of para-hydroxylation sites is 1. The number of hydrogen-bond donors (Lipinski definition) is 2.